The summed E-state index contributed by atoms with van der Waals surface area (Å²) in [5.74, 6) is -7.37. The Hall–Kier alpha value is -6.39. The molecular weight excluding hydrogens is 979 g/mol. The Kier molecular flexibility index (Phi) is 21.5. The smallest absolute Gasteiger partial charge is 0.323 e. The van der Waals surface area contributed by atoms with Gasteiger partial charge in [0.1, 0.15) is 42.8 Å². The lowest BCUT2D eigenvalue weighted by Gasteiger charge is -2.33. The Labute approximate surface area is 423 Å². The monoisotopic (exact) mass is 1040 g/mol. The number of aliphatic hydroxyl groups excluding tert-OH is 2. The van der Waals surface area contributed by atoms with Crippen LogP contribution in [-0.2, 0) is 49.6 Å². The number of carboxylic acids is 1. The third kappa shape index (κ3) is 15.8. The van der Waals surface area contributed by atoms with Gasteiger partial charge in [0.05, 0.1) is 31.0 Å². The van der Waals surface area contributed by atoms with E-state index < -0.39 is 121 Å². The van der Waals surface area contributed by atoms with Crippen molar-refractivity contribution in [2.45, 2.75) is 111 Å². The molecule has 0 saturated carbocycles. The van der Waals surface area contributed by atoms with E-state index in [1.165, 1.54) is 28.0 Å². The van der Waals surface area contributed by atoms with Crippen molar-refractivity contribution < 1.29 is 58.5 Å². The summed E-state index contributed by atoms with van der Waals surface area (Å²) >= 11 is 2.48. The lowest BCUT2D eigenvalue weighted by atomic mass is 10.1. The maximum Gasteiger partial charge on any atom is 0.323 e. The molecule has 2 saturated heterocycles. The Bertz CT molecular complexity index is 2290. The zero-order chi connectivity index (χ0) is 52.5. The van der Waals surface area contributed by atoms with Crippen LogP contribution in [0, 0.1) is 0 Å². The second-order valence-electron chi connectivity index (χ2n) is 17.5. The molecule has 4 heterocycles. The summed E-state index contributed by atoms with van der Waals surface area (Å²) in [6.45, 7) is -1.78. The number of rotatable bonds is 25. The maximum absolute atomic E-state index is 14.2. The molecule has 72 heavy (non-hydrogen) atoms. The van der Waals surface area contributed by atoms with E-state index in [-0.39, 0.29) is 57.0 Å². The predicted octanol–water partition coefficient (Wildman–Crippen LogP) is -3.98. The molecule has 394 valence electrons. The van der Waals surface area contributed by atoms with Gasteiger partial charge < -0.3 is 74.6 Å². The van der Waals surface area contributed by atoms with Gasteiger partial charge in [-0.1, -0.05) is 24.6 Å². The van der Waals surface area contributed by atoms with E-state index in [1.54, 1.807) is 41.8 Å². The maximum atomic E-state index is 14.2. The van der Waals surface area contributed by atoms with Crippen LogP contribution in [0.1, 0.15) is 56.2 Å². The third-order valence-corrected chi connectivity index (χ3v) is 14.2. The molecule has 8 unspecified atom stereocenters. The number of β-amino-alcohol motifs (C(OH)–C–C–N with tert-alkyl or cyclic N) is 1. The number of nitrogens with two attached hydrogens (primary N) is 4. The van der Waals surface area contributed by atoms with E-state index in [1.807, 2.05) is 0 Å². The number of carbonyl (C=O) groups excluding carboxylic acids is 8. The highest BCUT2D eigenvalue weighted by Crippen LogP contribution is 2.34. The topological polar surface area (TPSA) is 401 Å². The highest BCUT2D eigenvalue weighted by Gasteiger charge is 2.46. The molecule has 1 aromatic carbocycles. The van der Waals surface area contributed by atoms with Crippen LogP contribution < -0.4 is 54.4 Å². The summed E-state index contributed by atoms with van der Waals surface area (Å²) in [4.78, 5) is 130. The summed E-state index contributed by atoms with van der Waals surface area (Å²) in [6.07, 6.45) is 1.29. The van der Waals surface area contributed by atoms with Gasteiger partial charge in [-0.25, -0.2) is 0 Å². The summed E-state index contributed by atoms with van der Waals surface area (Å²) < 4.78 is 0. The van der Waals surface area contributed by atoms with Gasteiger partial charge >= 0.3 is 5.97 Å². The number of thiophene rings is 1. The SMILES string of the molecule is NCCCCC(N)C(=O)NC(CCCN=C(N)N)C(=O)N1CCCC1C(=O)N1CC(O)CC1C(=O)NCC(=O)NC(Cc1cccs1)C(=O)NC(CO)C(=O)NC1CSc2ccccc2N(CC(=O)O)C1=O. The molecule has 5 rings (SSSR count). The number of nitrogens with one attached hydrogen (secondary N) is 5. The number of carboxylic acid groups (broad SMARTS) is 1. The first kappa shape index (κ1) is 56.5. The molecule has 16 N–H and O–H groups in total. The largest absolute Gasteiger partial charge is 0.480 e. The molecule has 2 fully saturated rings. The van der Waals surface area contributed by atoms with Gasteiger partial charge in [-0.3, -0.25) is 53.0 Å². The Morgan fingerprint density at radius 1 is 0.875 bits per heavy atom. The number of nitrogens with zero attached hydrogens (tertiary/aromatic N) is 4. The Morgan fingerprint density at radius 2 is 1.62 bits per heavy atom. The van der Waals surface area contributed by atoms with Crippen LogP contribution in [0.15, 0.2) is 51.7 Å². The fourth-order valence-corrected chi connectivity index (χ4v) is 10.4. The second kappa shape index (κ2) is 27.4. The number of thioether (sulfide) groups is 1. The molecule has 0 spiro atoms. The summed E-state index contributed by atoms with van der Waals surface area (Å²) in [5.41, 5.74) is 23.0. The van der Waals surface area contributed by atoms with Gasteiger partial charge in [-0.05, 0) is 68.6 Å². The van der Waals surface area contributed by atoms with Crippen molar-refractivity contribution in [1.29, 1.82) is 0 Å². The van der Waals surface area contributed by atoms with Crippen LogP contribution in [0.25, 0.3) is 0 Å². The molecule has 0 bridgehead atoms. The lowest BCUT2D eigenvalue weighted by molar-refractivity contribution is -0.148. The minimum Gasteiger partial charge on any atom is -0.480 e. The van der Waals surface area contributed by atoms with Crippen molar-refractivity contribution in [3.63, 3.8) is 0 Å². The number of anilines is 1. The molecule has 3 aliphatic heterocycles. The second-order valence-corrected chi connectivity index (χ2v) is 19.6. The van der Waals surface area contributed by atoms with Crippen molar-refractivity contribution in [1.82, 2.24) is 36.4 Å². The van der Waals surface area contributed by atoms with Crippen LogP contribution in [-0.4, -0.2) is 184 Å². The summed E-state index contributed by atoms with van der Waals surface area (Å²) in [5, 5.41) is 44.9. The van der Waals surface area contributed by atoms with Crippen LogP contribution in [0.4, 0.5) is 5.69 Å². The van der Waals surface area contributed by atoms with E-state index in [9.17, 15) is 58.5 Å². The number of carbonyl (C=O) groups is 9. The highest BCUT2D eigenvalue weighted by molar-refractivity contribution is 7.99. The highest BCUT2D eigenvalue weighted by atomic mass is 32.2. The number of hydrogen-bond donors (Lipinski definition) is 12. The lowest BCUT2D eigenvalue weighted by Crippen LogP contribution is -2.59. The van der Waals surface area contributed by atoms with Crippen molar-refractivity contribution in [3.8, 4) is 0 Å². The van der Waals surface area contributed by atoms with Gasteiger partial charge in [0.2, 0.25) is 41.4 Å². The van der Waals surface area contributed by atoms with Crippen molar-refractivity contribution >= 4 is 88.0 Å². The number of para-hydroxylation sites is 1. The number of hydrogen-bond acceptors (Lipinski definition) is 16. The normalized spacial score (nSPS) is 20.2. The quantitative estimate of drug-likeness (QED) is 0.0256. The Morgan fingerprint density at radius 3 is 2.32 bits per heavy atom. The standard InChI is InChI=1S/C45H65N13O12S2/c46-14-4-3-9-27(47)38(64)53-28(10-5-15-50-45(48)49)42(68)56-16-6-12-33(56)44(70)57-21-25(60)18-34(57)41(67)51-20-36(61)52-29(19-26-8-7-17-71-26)39(65)54-30(23-59)40(66)55-31-24-72-35-13-2-1-11-32(35)58(43(31)69)22-37(62)63/h1-2,7-8,11,13,17,25,27-31,33-34,59-60H,3-6,9-10,12,14-16,18-24,46-47H2,(H,51,67)(H,52,61)(H,53,64)(H,54,65)(H,55,66)(H,62,63)(H4,48,49,50). The molecule has 25 nitrogen and oxygen atoms in total. The van der Waals surface area contributed by atoms with Gasteiger partial charge in [-0.15, -0.1) is 23.1 Å². The fourth-order valence-electron chi connectivity index (χ4n) is 8.53. The molecule has 2 aromatic rings. The Balaban J connectivity index is 1.21. The van der Waals surface area contributed by atoms with Crippen molar-refractivity contribution in [2.75, 3.05) is 56.5 Å². The van der Waals surface area contributed by atoms with Gasteiger partial charge in [0.15, 0.2) is 5.96 Å². The number of aliphatic hydroxyl groups is 2. The zero-order valence-corrected chi connectivity index (χ0v) is 41.2. The fraction of sp³-hybridized carbons (Fsp3) is 0.556. The van der Waals surface area contributed by atoms with E-state index in [2.05, 4.69) is 31.6 Å². The number of fused-ring (bicyclic) bond motifs is 1. The zero-order valence-electron chi connectivity index (χ0n) is 39.6. The van der Waals surface area contributed by atoms with Crippen LogP contribution in [0.2, 0.25) is 0 Å². The van der Waals surface area contributed by atoms with Gasteiger partial charge in [0, 0.05) is 48.0 Å². The predicted molar refractivity (Wildman–Crippen MR) is 265 cm³/mol. The van der Waals surface area contributed by atoms with Gasteiger partial charge in [0.25, 0.3) is 5.91 Å². The molecule has 8 amide bonds. The number of aliphatic imine (C=N–C) groups is 1. The average molecular weight is 1040 g/mol. The molecule has 0 radical (unpaired) electrons. The first-order valence-corrected chi connectivity index (χ1v) is 25.4. The number of benzene rings is 1. The van der Waals surface area contributed by atoms with Crippen molar-refractivity contribution in [3.05, 3.63) is 46.7 Å². The average Bonchev–Trinajstić information content (AvgIpc) is 4.14. The van der Waals surface area contributed by atoms with E-state index in [4.69, 9.17) is 22.9 Å². The molecule has 0 aliphatic carbocycles. The number of unbranched alkanes of at least 4 members (excludes halogenated alkanes) is 1. The first-order valence-electron chi connectivity index (χ1n) is 23.6. The number of amides is 8. The minimum absolute atomic E-state index is 0.00864. The summed E-state index contributed by atoms with van der Waals surface area (Å²) in [7, 11) is 0. The molecule has 27 heteroatoms. The number of likely N-dealkylation sites (tertiary alicyclic amines) is 2. The third-order valence-electron chi connectivity index (χ3n) is 12.2. The van der Waals surface area contributed by atoms with E-state index >= 15 is 0 Å². The van der Waals surface area contributed by atoms with E-state index in [0.29, 0.717) is 54.1 Å². The van der Waals surface area contributed by atoms with E-state index in [0.717, 1.165) is 9.80 Å². The van der Waals surface area contributed by atoms with Crippen LogP contribution in [0.5, 0.6) is 0 Å². The van der Waals surface area contributed by atoms with Crippen molar-refractivity contribution in [2.24, 2.45) is 27.9 Å². The summed E-state index contributed by atoms with van der Waals surface area (Å²) in [6, 6.07) is 1.54. The van der Waals surface area contributed by atoms with Crippen LogP contribution >= 0.6 is 23.1 Å². The number of aliphatic carboxylic acids is 1. The molecular formula is C45H65N13O12S2. The number of guanidine groups is 1. The minimum atomic E-state index is -1.62. The molecule has 1 aromatic heterocycles. The molecule has 8 atom stereocenters. The first-order chi connectivity index (χ1) is 34.4. The molecule has 3 aliphatic rings. The van der Waals surface area contributed by atoms with Gasteiger partial charge in [-0.2, -0.15) is 0 Å². The van der Waals surface area contributed by atoms with Crippen LogP contribution in [0.3, 0.4) is 0 Å².